The van der Waals surface area contributed by atoms with Gasteiger partial charge in [-0.1, -0.05) is 6.07 Å². The molecule has 9 nitrogen and oxygen atoms in total. The molecule has 194 valence electrons. The number of rotatable bonds is 8. The zero-order chi connectivity index (χ0) is 23.7. The molecular formula is C25H33Cl2N7O2. The molecule has 1 aromatic carbocycles. The molecule has 1 amide bonds. The highest BCUT2D eigenvalue weighted by Crippen LogP contribution is 2.32. The summed E-state index contributed by atoms with van der Waals surface area (Å²) in [5.74, 6) is 0.312. The lowest BCUT2D eigenvalue weighted by Crippen LogP contribution is -2.17. The Morgan fingerprint density at radius 2 is 2.08 bits per heavy atom. The number of fused-ring (bicyclic) bond motifs is 2. The van der Waals surface area contributed by atoms with E-state index in [9.17, 15) is 4.79 Å². The highest BCUT2D eigenvalue weighted by atomic mass is 35.5. The SMILES string of the molecule is Cc1nn(CCOCCN)c2cc(C(=O)Nc3cc4[nH]c([C@H]5CCCN5C)cc4cn3)ccc12.Cl.Cl. The molecule has 11 heteroatoms. The maximum absolute atomic E-state index is 13.0. The zero-order valence-electron chi connectivity index (χ0n) is 20.5. The number of aromatic amines is 1. The Bertz CT molecular complexity index is 1340. The summed E-state index contributed by atoms with van der Waals surface area (Å²) in [5, 5.41) is 9.61. The largest absolute Gasteiger partial charge is 0.378 e. The molecule has 0 aliphatic carbocycles. The van der Waals surface area contributed by atoms with Gasteiger partial charge in [0.2, 0.25) is 0 Å². The first kappa shape index (κ1) is 27.9. The van der Waals surface area contributed by atoms with E-state index in [0.717, 1.165) is 40.5 Å². The van der Waals surface area contributed by atoms with Crippen molar-refractivity contribution in [2.45, 2.75) is 32.4 Å². The molecule has 4 heterocycles. The van der Waals surface area contributed by atoms with Gasteiger partial charge in [0, 0.05) is 46.9 Å². The van der Waals surface area contributed by atoms with Crippen LogP contribution in [-0.4, -0.2) is 63.9 Å². The van der Waals surface area contributed by atoms with Crippen molar-refractivity contribution in [3.63, 3.8) is 0 Å². The van der Waals surface area contributed by atoms with Crippen LogP contribution in [-0.2, 0) is 11.3 Å². The number of halogens is 2. The molecular weight excluding hydrogens is 501 g/mol. The molecule has 4 N–H and O–H groups in total. The number of nitrogens with two attached hydrogens (primary N) is 1. The molecule has 0 saturated carbocycles. The molecule has 3 aromatic heterocycles. The summed E-state index contributed by atoms with van der Waals surface area (Å²) in [6, 6.07) is 10.1. The predicted molar refractivity (Wildman–Crippen MR) is 147 cm³/mol. The van der Waals surface area contributed by atoms with Crippen LogP contribution >= 0.6 is 24.8 Å². The average Bonchev–Trinajstić information content (AvgIpc) is 3.53. The lowest BCUT2D eigenvalue weighted by molar-refractivity contribution is 0.102. The Balaban J connectivity index is 0.00000180. The molecule has 4 aromatic rings. The normalized spacial score (nSPS) is 15.7. The van der Waals surface area contributed by atoms with Crippen LogP contribution in [0.4, 0.5) is 5.82 Å². The second kappa shape index (κ2) is 12.0. The number of hydrogen-bond donors (Lipinski definition) is 3. The lowest BCUT2D eigenvalue weighted by atomic mass is 10.1. The van der Waals surface area contributed by atoms with E-state index in [4.69, 9.17) is 10.5 Å². The van der Waals surface area contributed by atoms with Crippen LogP contribution in [0.15, 0.2) is 36.5 Å². The van der Waals surface area contributed by atoms with E-state index in [0.29, 0.717) is 43.7 Å². The first-order chi connectivity index (χ1) is 16.5. The number of nitrogens with zero attached hydrogens (tertiary/aromatic N) is 4. The van der Waals surface area contributed by atoms with Crippen LogP contribution in [0.25, 0.3) is 21.8 Å². The highest BCUT2D eigenvalue weighted by molar-refractivity contribution is 6.06. The standard InChI is InChI=1S/C25H31N7O2.2ClH/c1-16-19-6-5-17(13-23(19)32(30-16)9-11-34-10-7-26)25(33)29-24-14-20-18(15-27-24)12-21(28-20)22-4-3-8-31(22)2;;/h5-6,12-15,22,28H,3-4,7-11,26H2,1-2H3,(H,27,29,33);2*1H/t22-;;/m1../s1. The molecule has 0 unspecified atom stereocenters. The summed E-state index contributed by atoms with van der Waals surface area (Å²) >= 11 is 0. The van der Waals surface area contributed by atoms with E-state index in [2.05, 4.69) is 38.4 Å². The van der Waals surface area contributed by atoms with E-state index in [1.54, 1.807) is 0 Å². The number of nitrogens with one attached hydrogen (secondary N) is 2. The first-order valence-electron chi connectivity index (χ1n) is 11.8. The number of amides is 1. The van der Waals surface area contributed by atoms with Crippen molar-refractivity contribution in [1.82, 2.24) is 24.6 Å². The van der Waals surface area contributed by atoms with Gasteiger partial charge in [0.1, 0.15) is 5.82 Å². The van der Waals surface area contributed by atoms with Gasteiger partial charge in [-0.2, -0.15) is 5.10 Å². The van der Waals surface area contributed by atoms with Gasteiger partial charge >= 0.3 is 0 Å². The zero-order valence-corrected chi connectivity index (χ0v) is 22.1. The molecule has 0 bridgehead atoms. The second-order valence-electron chi connectivity index (χ2n) is 8.92. The van der Waals surface area contributed by atoms with Gasteiger partial charge in [-0.15, -0.1) is 24.8 Å². The Labute approximate surface area is 222 Å². The van der Waals surface area contributed by atoms with Gasteiger partial charge in [-0.05, 0) is 51.6 Å². The molecule has 1 fully saturated rings. The Hall–Kier alpha value is -2.69. The van der Waals surface area contributed by atoms with Gasteiger partial charge in [0.15, 0.2) is 0 Å². The Kier molecular flexibility index (Phi) is 9.32. The lowest BCUT2D eigenvalue weighted by Gasteiger charge is -2.17. The summed E-state index contributed by atoms with van der Waals surface area (Å²) < 4.78 is 7.38. The van der Waals surface area contributed by atoms with Crippen molar-refractivity contribution >= 4 is 58.3 Å². The number of likely N-dealkylation sites (tertiary alicyclic amines) is 1. The summed E-state index contributed by atoms with van der Waals surface area (Å²) in [4.78, 5) is 23.4. The number of ether oxygens (including phenoxy) is 1. The number of aromatic nitrogens is 4. The number of anilines is 1. The third-order valence-corrected chi connectivity index (χ3v) is 6.55. The van der Waals surface area contributed by atoms with Crippen LogP contribution in [0.2, 0.25) is 0 Å². The maximum atomic E-state index is 13.0. The van der Waals surface area contributed by atoms with Crippen molar-refractivity contribution in [3.8, 4) is 0 Å². The van der Waals surface area contributed by atoms with Gasteiger partial charge in [0.25, 0.3) is 5.91 Å². The van der Waals surface area contributed by atoms with Crippen LogP contribution in [0, 0.1) is 6.92 Å². The van der Waals surface area contributed by atoms with Crippen molar-refractivity contribution in [2.75, 3.05) is 38.7 Å². The first-order valence-corrected chi connectivity index (χ1v) is 11.8. The van der Waals surface area contributed by atoms with E-state index in [1.165, 1.54) is 12.1 Å². The molecule has 36 heavy (non-hydrogen) atoms. The molecule has 1 saturated heterocycles. The predicted octanol–water partition coefficient (Wildman–Crippen LogP) is 4.06. The third-order valence-electron chi connectivity index (χ3n) is 6.55. The second-order valence-corrected chi connectivity index (χ2v) is 8.92. The van der Waals surface area contributed by atoms with Crippen molar-refractivity contribution in [2.24, 2.45) is 5.73 Å². The maximum Gasteiger partial charge on any atom is 0.256 e. The van der Waals surface area contributed by atoms with Crippen molar-refractivity contribution < 1.29 is 9.53 Å². The fourth-order valence-corrected chi connectivity index (χ4v) is 4.78. The average molecular weight is 534 g/mol. The molecule has 5 rings (SSSR count). The minimum absolute atomic E-state index is 0. The smallest absolute Gasteiger partial charge is 0.256 e. The summed E-state index contributed by atoms with van der Waals surface area (Å²) in [7, 11) is 2.16. The number of aryl methyl sites for hydroxylation is 1. The van der Waals surface area contributed by atoms with E-state index in [1.807, 2.05) is 42.1 Å². The van der Waals surface area contributed by atoms with Crippen LogP contribution < -0.4 is 11.1 Å². The Morgan fingerprint density at radius 1 is 1.25 bits per heavy atom. The fourth-order valence-electron chi connectivity index (χ4n) is 4.78. The van der Waals surface area contributed by atoms with Gasteiger partial charge in [-0.25, -0.2) is 4.98 Å². The van der Waals surface area contributed by atoms with Crippen LogP contribution in [0.3, 0.4) is 0 Å². The molecule has 1 aliphatic heterocycles. The summed E-state index contributed by atoms with van der Waals surface area (Å²) in [5.41, 5.74) is 10.0. The molecule has 1 aliphatic rings. The number of hydrogen-bond acceptors (Lipinski definition) is 6. The topological polar surface area (TPSA) is 114 Å². The number of carbonyl (C=O) groups is 1. The minimum atomic E-state index is -0.208. The van der Waals surface area contributed by atoms with E-state index < -0.39 is 0 Å². The highest BCUT2D eigenvalue weighted by Gasteiger charge is 2.24. The van der Waals surface area contributed by atoms with Crippen molar-refractivity contribution in [3.05, 3.63) is 53.5 Å². The van der Waals surface area contributed by atoms with Gasteiger partial charge in [-0.3, -0.25) is 14.4 Å². The number of pyridine rings is 1. The van der Waals surface area contributed by atoms with E-state index in [-0.39, 0.29) is 30.7 Å². The monoisotopic (exact) mass is 533 g/mol. The number of carbonyl (C=O) groups excluding carboxylic acids is 1. The van der Waals surface area contributed by atoms with Gasteiger partial charge in [0.05, 0.1) is 36.5 Å². The van der Waals surface area contributed by atoms with E-state index >= 15 is 0 Å². The summed E-state index contributed by atoms with van der Waals surface area (Å²) in [6.07, 6.45) is 4.17. The van der Waals surface area contributed by atoms with Crippen LogP contribution in [0.5, 0.6) is 0 Å². The van der Waals surface area contributed by atoms with Gasteiger partial charge < -0.3 is 20.8 Å². The molecule has 0 radical (unpaired) electrons. The molecule has 0 spiro atoms. The quantitative estimate of drug-likeness (QED) is 0.294. The summed E-state index contributed by atoms with van der Waals surface area (Å²) in [6.45, 7) is 5.20. The number of benzene rings is 1. The third kappa shape index (κ3) is 5.66. The number of H-pyrrole nitrogens is 1. The van der Waals surface area contributed by atoms with Crippen LogP contribution in [0.1, 0.15) is 40.6 Å². The molecule has 1 atom stereocenters. The fraction of sp³-hybridized carbons (Fsp3) is 0.400. The van der Waals surface area contributed by atoms with Crippen molar-refractivity contribution in [1.29, 1.82) is 0 Å². The minimum Gasteiger partial charge on any atom is -0.378 e. The Morgan fingerprint density at radius 3 is 2.83 bits per heavy atom.